The molecule has 2 aromatic rings. The molecule has 0 amide bonds. The Morgan fingerprint density at radius 1 is 1.00 bits per heavy atom. The van der Waals surface area contributed by atoms with Crippen LogP contribution in [0, 0.1) is 13.8 Å². The first-order chi connectivity index (χ1) is 9.70. The summed E-state index contributed by atoms with van der Waals surface area (Å²) >= 11 is 0. The fourth-order valence-electron chi connectivity index (χ4n) is 2.39. The largest absolute Gasteiger partial charge is 0.417 e. The molecule has 21 heavy (non-hydrogen) atoms. The summed E-state index contributed by atoms with van der Waals surface area (Å²) in [5.74, 6) is -0.588. The molecule has 0 aromatic heterocycles. The van der Waals surface area contributed by atoms with Crippen LogP contribution in [0.5, 0.6) is 0 Å². The van der Waals surface area contributed by atoms with E-state index >= 15 is 0 Å². The quantitative estimate of drug-likeness (QED) is 0.696. The van der Waals surface area contributed by atoms with Gasteiger partial charge in [-0.15, -0.1) is 0 Å². The third-order valence-electron chi connectivity index (χ3n) is 3.40. The molecule has 0 radical (unpaired) electrons. The molecular weight excluding hydrogens is 277 g/mol. The molecule has 1 nitrogen and oxygen atoms in total. The van der Waals surface area contributed by atoms with Crippen LogP contribution < -0.4 is 0 Å². The average molecular weight is 292 g/mol. The number of ketones is 1. The minimum absolute atomic E-state index is 0.295. The zero-order chi connectivity index (χ0) is 15.8. The zero-order valence-electron chi connectivity index (χ0n) is 12.0. The van der Waals surface area contributed by atoms with E-state index in [1.54, 1.807) is 12.1 Å². The standard InChI is InChI=1S/C17H15F3O/c1-10-4-6-14(11(2)8-10)13-5-7-15(12(3)21)16(9-13)17(18,19)20/h4-9H,1-3H3. The van der Waals surface area contributed by atoms with E-state index in [-0.39, 0.29) is 5.56 Å². The topological polar surface area (TPSA) is 17.1 Å². The van der Waals surface area contributed by atoms with Gasteiger partial charge in [-0.25, -0.2) is 0 Å². The van der Waals surface area contributed by atoms with Gasteiger partial charge in [0.25, 0.3) is 0 Å². The smallest absolute Gasteiger partial charge is 0.294 e. The first kappa shape index (κ1) is 15.3. The Labute approximate surface area is 121 Å². The molecule has 0 aliphatic carbocycles. The van der Waals surface area contributed by atoms with Crippen molar-refractivity contribution in [3.63, 3.8) is 0 Å². The number of hydrogen-bond acceptors (Lipinski definition) is 1. The highest BCUT2D eigenvalue weighted by Gasteiger charge is 2.34. The summed E-state index contributed by atoms with van der Waals surface area (Å²) in [6.07, 6.45) is -4.55. The highest BCUT2D eigenvalue weighted by atomic mass is 19.4. The molecule has 0 fully saturated rings. The Morgan fingerprint density at radius 3 is 2.19 bits per heavy atom. The van der Waals surface area contributed by atoms with E-state index in [1.807, 2.05) is 26.0 Å². The van der Waals surface area contributed by atoms with Gasteiger partial charge in [-0.1, -0.05) is 35.9 Å². The summed E-state index contributed by atoms with van der Waals surface area (Å²) in [4.78, 5) is 11.4. The molecule has 2 rings (SSSR count). The van der Waals surface area contributed by atoms with Crippen LogP contribution in [0.2, 0.25) is 0 Å². The van der Waals surface area contributed by atoms with Gasteiger partial charge in [-0.05, 0) is 43.5 Å². The molecular formula is C17H15F3O. The van der Waals surface area contributed by atoms with Crippen LogP contribution in [0.15, 0.2) is 36.4 Å². The number of halogens is 3. The monoisotopic (exact) mass is 292 g/mol. The van der Waals surface area contributed by atoms with Crippen LogP contribution in [0.1, 0.15) is 34.0 Å². The average Bonchev–Trinajstić information content (AvgIpc) is 2.37. The summed E-state index contributed by atoms with van der Waals surface area (Å²) in [6, 6.07) is 9.43. The molecule has 0 saturated carbocycles. The number of aryl methyl sites for hydroxylation is 2. The molecule has 2 aromatic carbocycles. The fourth-order valence-corrected chi connectivity index (χ4v) is 2.39. The van der Waals surface area contributed by atoms with Crippen molar-refractivity contribution in [3.8, 4) is 11.1 Å². The predicted octanol–water partition coefficient (Wildman–Crippen LogP) is 5.19. The van der Waals surface area contributed by atoms with E-state index in [4.69, 9.17) is 0 Å². The van der Waals surface area contributed by atoms with Crippen molar-refractivity contribution in [1.82, 2.24) is 0 Å². The van der Waals surface area contributed by atoms with Crippen molar-refractivity contribution >= 4 is 5.78 Å². The van der Waals surface area contributed by atoms with Gasteiger partial charge in [-0.2, -0.15) is 13.2 Å². The minimum atomic E-state index is -4.55. The van der Waals surface area contributed by atoms with Crippen LogP contribution in [0.25, 0.3) is 11.1 Å². The van der Waals surface area contributed by atoms with Crippen molar-refractivity contribution in [3.05, 3.63) is 58.7 Å². The summed E-state index contributed by atoms with van der Waals surface area (Å²) in [6.45, 7) is 4.92. The number of Topliss-reactive ketones (excluding diaryl/α,β-unsaturated/α-hetero) is 1. The number of hydrogen-bond donors (Lipinski definition) is 0. The van der Waals surface area contributed by atoms with Gasteiger partial charge >= 0.3 is 6.18 Å². The molecule has 0 aliphatic rings. The van der Waals surface area contributed by atoms with E-state index in [0.29, 0.717) is 5.56 Å². The maximum absolute atomic E-state index is 13.1. The normalized spacial score (nSPS) is 11.5. The van der Waals surface area contributed by atoms with E-state index in [9.17, 15) is 18.0 Å². The highest BCUT2D eigenvalue weighted by Crippen LogP contribution is 2.36. The summed E-state index contributed by atoms with van der Waals surface area (Å²) < 4.78 is 39.4. The van der Waals surface area contributed by atoms with Crippen molar-refractivity contribution in [2.75, 3.05) is 0 Å². The summed E-state index contributed by atoms with van der Waals surface area (Å²) in [7, 11) is 0. The third-order valence-corrected chi connectivity index (χ3v) is 3.40. The molecule has 110 valence electrons. The van der Waals surface area contributed by atoms with Crippen LogP contribution in [-0.2, 0) is 6.18 Å². The first-order valence-corrected chi connectivity index (χ1v) is 6.50. The maximum atomic E-state index is 13.1. The van der Waals surface area contributed by atoms with Crippen molar-refractivity contribution < 1.29 is 18.0 Å². The third kappa shape index (κ3) is 3.15. The van der Waals surface area contributed by atoms with Gasteiger partial charge in [0, 0.05) is 5.56 Å². The zero-order valence-corrected chi connectivity index (χ0v) is 12.0. The van der Waals surface area contributed by atoms with Crippen molar-refractivity contribution in [2.24, 2.45) is 0 Å². The van der Waals surface area contributed by atoms with Crippen molar-refractivity contribution in [1.29, 1.82) is 0 Å². The van der Waals surface area contributed by atoms with Gasteiger partial charge in [0.1, 0.15) is 0 Å². The van der Waals surface area contributed by atoms with Gasteiger partial charge in [0.05, 0.1) is 5.56 Å². The lowest BCUT2D eigenvalue weighted by atomic mass is 9.94. The Bertz CT molecular complexity index is 700. The molecule has 0 atom stereocenters. The molecule has 0 heterocycles. The number of rotatable bonds is 2. The lowest BCUT2D eigenvalue weighted by molar-refractivity contribution is -0.137. The minimum Gasteiger partial charge on any atom is -0.294 e. The predicted molar refractivity (Wildman–Crippen MR) is 76.4 cm³/mol. The second-order valence-electron chi connectivity index (χ2n) is 5.13. The van der Waals surface area contributed by atoms with E-state index in [1.165, 1.54) is 6.07 Å². The van der Waals surface area contributed by atoms with Crippen LogP contribution in [0.4, 0.5) is 13.2 Å². The van der Waals surface area contributed by atoms with E-state index in [0.717, 1.165) is 29.7 Å². The lowest BCUT2D eigenvalue weighted by Crippen LogP contribution is -2.11. The van der Waals surface area contributed by atoms with Crippen molar-refractivity contribution in [2.45, 2.75) is 26.9 Å². The van der Waals surface area contributed by atoms with Gasteiger partial charge in [0.15, 0.2) is 5.78 Å². The van der Waals surface area contributed by atoms with Crippen LogP contribution >= 0.6 is 0 Å². The van der Waals surface area contributed by atoms with Gasteiger partial charge in [0.2, 0.25) is 0 Å². The Balaban J connectivity index is 2.64. The van der Waals surface area contributed by atoms with Crippen LogP contribution in [-0.4, -0.2) is 5.78 Å². The van der Waals surface area contributed by atoms with Crippen LogP contribution in [0.3, 0.4) is 0 Å². The maximum Gasteiger partial charge on any atom is 0.417 e. The molecule has 0 spiro atoms. The summed E-state index contributed by atoms with van der Waals surface area (Å²) in [5.41, 5.74) is 1.97. The number of carbonyl (C=O) groups is 1. The summed E-state index contributed by atoms with van der Waals surface area (Å²) in [5, 5.41) is 0. The first-order valence-electron chi connectivity index (χ1n) is 6.50. The Morgan fingerprint density at radius 2 is 1.67 bits per heavy atom. The van der Waals surface area contributed by atoms with E-state index < -0.39 is 17.5 Å². The fraction of sp³-hybridized carbons (Fsp3) is 0.235. The number of alkyl halides is 3. The lowest BCUT2D eigenvalue weighted by Gasteiger charge is -2.14. The Kier molecular flexibility index (Phi) is 3.90. The Hall–Kier alpha value is -2.10. The molecule has 0 N–H and O–H groups in total. The van der Waals surface area contributed by atoms with Gasteiger partial charge in [-0.3, -0.25) is 4.79 Å². The molecule has 0 aliphatic heterocycles. The number of carbonyl (C=O) groups excluding carboxylic acids is 1. The molecule has 4 heteroatoms. The second kappa shape index (κ2) is 5.35. The van der Waals surface area contributed by atoms with E-state index in [2.05, 4.69) is 0 Å². The number of benzene rings is 2. The SMILES string of the molecule is CC(=O)c1ccc(-c2ccc(C)cc2C)cc1C(F)(F)F. The molecule has 0 saturated heterocycles. The molecule has 0 bridgehead atoms. The highest BCUT2D eigenvalue weighted by molar-refractivity contribution is 5.96. The second-order valence-corrected chi connectivity index (χ2v) is 5.13. The van der Waals surface area contributed by atoms with Gasteiger partial charge < -0.3 is 0 Å². The molecule has 0 unspecified atom stereocenters.